The van der Waals surface area contributed by atoms with Crippen molar-refractivity contribution in [3.63, 3.8) is 0 Å². The number of ether oxygens (including phenoxy) is 1. The molecule has 11 heteroatoms. The van der Waals surface area contributed by atoms with Crippen LogP contribution < -0.4 is 10.6 Å². The second-order valence-corrected chi connectivity index (χ2v) is 8.61. The lowest BCUT2D eigenvalue weighted by molar-refractivity contribution is -0.385. The number of aryl methyl sites for hydroxylation is 1. The maximum atomic E-state index is 12.9. The number of nitrogens with one attached hydrogen (secondary N) is 2. The van der Waals surface area contributed by atoms with Crippen molar-refractivity contribution >= 4 is 57.1 Å². The van der Waals surface area contributed by atoms with E-state index in [1.54, 1.807) is 45.0 Å². The second-order valence-electron chi connectivity index (χ2n) is 7.15. The summed E-state index contributed by atoms with van der Waals surface area (Å²) in [5.74, 6) is -1.85. The maximum absolute atomic E-state index is 12.9. The Kier molecular flexibility index (Phi) is 7.64. The molecule has 0 unspecified atom stereocenters. The van der Waals surface area contributed by atoms with Crippen molar-refractivity contribution in [2.24, 2.45) is 0 Å². The lowest BCUT2D eigenvalue weighted by atomic mass is 10.1. The van der Waals surface area contributed by atoms with Crippen LogP contribution in [0.15, 0.2) is 42.5 Å². The summed E-state index contributed by atoms with van der Waals surface area (Å²) in [7, 11) is 0. The average molecular weight is 502 g/mol. The van der Waals surface area contributed by atoms with Crippen LogP contribution in [0.1, 0.15) is 48.4 Å². The second kappa shape index (κ2) is 10.4. The number of nitro benzene ring substituents is 1. The molecule has 3 rings (SSSR count). The van der Waals surface area contributed by atoms with Crippen molar-refractivity contribution in [3.8, 4) is 0 Å². The molecule has 0 fully saturated rings. The van der Waals surface area contributed by atoms with Gasteiger partial charge < -0.3 is 15.4 Å². The van der Waals surface area contributed by atoms with Crippen molar-refractivity contribution < 1.29 is 24.0 Å². The normalized spacial score (nSPS) is 10.5. The van der Waals surface area contributed by atoms with Crippen LogP contribution in [-0.2, 0) is 4.74 Å². The highest BCUT2D eigenvalue weighted by atomic mass is 35.5. The van der Waals surface area contributed by atoms with Crippen LogP contribution >= 0.6 is 22.9 Å². The number of nitrogens with zero attached hydrogens (tertiary/aromatic N) is 1. The molecule has 2 N–H and O–H groups in total. The van der Waals surface area contributed by atoms with Crippen molar-refractivity contribution in [1.82, 2.24) is 0 Å². The number of hydrogen-bond acceptors (Lipinski definition) is 7. The summed E-state index contributed by atoms with van der Waals surface area (Å²) in [6.07, 6.45) is 0. The molecule has 0 aliphatic rings. The van der Waals surface area contributed by atoms with Crippen LogP contribution in [0, 0.1) is 24.0 Å². The monoisotopic (exact) mass is 501 g/mol. The molecule has 0 spiro atoms. The van der Waals surface area contributed by atoms with Crippen molar-refractivity contribution in [2.75, 3.05) is 17.2 Å². The first-order valence-electron chi connectivity index (χ1n) is 10.1. The van der Waals surface area contributed by atoms with Gasteiger partial charge in [0, 0.05) is 27.9 Å². The Balaban J connectivity index is 1.96. The summed E-state index contributed by atoms with van der Waals surface area (Å²) in [6, 6.07) is 10.6. The van der Waals surface area contributed by atoms with Gasteiger partial charge in [0.15, 0.2) is 0 Å². The van der Waals surface area contributed by atoms with E-state index in [-0.39, 0.29) is 33.3 Å². The Morgan fingerprint density at radius 2 is 1.74 bits per heavy atom. The third-order valence-corrected chi connectivity index (χ3v) is 6.29. The van der Waals surface area contributed by atoms with Gasteiger partial charge in [0.05, 0.1) is 22.0 Å². The molecule has 0 radical (unpaired) electrons. The first-order chi connectivity index (χ1) is 16.1. The molecule has 0 atom stereocenters. The van der Waals surface area contributed by atoms with Gasteiger partial charge in [-0.05, 0) is 56.7 Å². The highest BCUT2D eigenvalue weighted by Gasteiger charge is 2.27. The van der Waals surface area contributed by atoms with E-state index in [1.807, 2.05) is 0 Å². The van der Waals surface area contributed by atoms with Gasteiger partial charge in [-0.2, -0.15) is 0 Å². The minimum atomic E-state index is -0.702. The molecule has 0 aliphatic heterocycles. The van der Waals surface area contributed by atoms with Gasteiger partial charge in [0.2, 0.25) is 0 Å². The molecule has 0 saturated carbocycles. The first kappa shape index (κ1) is 24.9. The SMILES string of the molecule is CCOC(=O)c1c(NC(=O)c2ccc(C)c([N+](=O)[O-])c2)sc(C(=O)Nc2ccc(Cl)cc2)c1C. The largest absolute Gasteiger partial charge is 0.462 e. The van der Waals surface area contributed by atoms with E-state index in [1.165, 1.54) is 12.1 Å². The standard InChI is InChI=1S/C23H20ClN3O6S/c1-4-33-23(30)18-13(3)19(21(29)25-16-9-7-15(24)8-10-16)34-22(18)26-20(28)14-6-5-12(2)17(11-14)27(31)32/h5-11H,4H2,1-3H3,(H,25,29)(H,26,28). The van der Waals surface area contributed by atoms with Gasteiger partial charge >= 0.3 is 5.97 Å². The molecular formula is C23H20ClN3O6S. The molecular weight excluding hydrogens is 482 g/mol. The number of hydrogen-bond donors (Lipinski definition) is 2. The van der Waals surface area contributed by atoms with E-state index < -0.39 is 22.7 Å². The number of anilines is 2. The van der Waals surface area contributed by atoms with E-state index in [4.69, 9.17) is 16.3 Å². The van der Waals surface area contributed by atoms with Crippen molar-refractivity contribution in [2.45, 2.75) is 20.8 Å². The molecule has 0 aliphatic carbocycles. The summed E-state index contributed by atoms with van der Waals surface area (Å²) in [5, 5.41) is 17.2. The van der Waals surface area contributed by atoms with Gasteiger partial charge in [-0.15, -0.1) is 11.3 Å². The van der Waals surface area contributed by atoms with E-state index in [2.05, 4.69) is 10.6 Å². The smallest absolute Gasteiger partial charge is 0.341 e. The molecule has 0 bridgehead atoms. The Morgan fingerprint density at radius 3 is 2.35 bits per heavy atom. The minimum Gasteiger partial charge on any atom is -0.462 e. The summed E-state index contributed by atoms with van der Waals surface area (Å²) >= 11 is 6.78. The Labute approximate surface area is 203 Å². The topological polar surface area (TPSA) is 128 Å². The Hall–Kier alpha value is -3.76. The predicted octanol–water partition coefficient (Wildman–Crippen LogP) is 5.61. The third-order valence-electron chi connectivity index (χ3n) is 4.83. The van der Waals surface area contributed by atoms with Gasteiger partial charge in [-0.25, -0.2) is 4.79 Å². The van der Waals surface area contributed by atoms with Crippen LogP contribution in [0.5, 0.6) is 0 Å². The number of halogens is 1. The van der Waals surface area contributed by atoms with E-state index >= 15 is 0 Å². The number of benzene rings is 2. The van der Waals surface area contributed by atoms with Crippen molar-refractivity contribution in [1.29, 1.82) is 0 Å². The van der Waals surface area contributed by atoms with E-state index in [0.717, 1.165) is 17.4 Å². The number of rotatable bonds is 7. The Bertz CT molecular complexity index is 1290. The van der Waals surface area contributed by atoms with Crippen LogP contribution in [0.25, 0.3) is 0 Å². The zero-order valence-electron chi connectivity index (χ0n) is 18.4. The molecule has 34 heavy (non-hydrogen) atoms. The van der Waals surface area contributed by atoms with E-state index in [9.17, 15) is 24.5 Å². The molecule has 0 saturated heterocycles. The Morgan fingerprint density at radius 1 is 1.06 bits per heavy atom. The zero-order chi connectivity index (χ0) is 25.0. The van der Waals surface area contributed by atoms with Crippen LogP contribution in [0.4, 0.5) is 16.4 Å². The lowest BCUT2D eigenvalue weighted by Gasteiger charge is -2.07. The average Bonchev–Trinajstić information content (AvgIpc) is 3.11. The molecule has 2 amide bonds. The number of carbonyl (C=O) groups excluding carboxylic acids is 3. The van der Waals surface area contributed by atoms with Crippen LogP contribution in [0.2, 0.25) is 5.02 Å². The molecule has 1 heterocycles. The highest BCUT2D eigenvalue weighted by Crippen LogP contribution is 2.35. The quantitative estimate of drug-likeness (QED) is 0.246. The summed E-state index contributed by atoms with van der Waals surface area (Å²) in [5.41, 5.74) is 1.11. The fourth-order valence-corrected chi connectivity index (χ4v) is 4.32. The maximum Gasteiger partial charge on any atom is 0.341 e. The fraction of sp³-hybridized carbons (Fsp3) is 0.174. The first-order valence-corrected chi connectivity index (χ1v) is 11.3. The van der Waals surface area contributed by atoms with Gasteiger partial charge in [-0.1, -0.05) is 17.7 Å². The highest BCUT2D eigenvalue weighted by molar-refractivity contribution is 7.19. The summed E-state index contributed by atoms with van der Waals surface area (Å²) in [4.78, 5) is 49.2. The minimum absolute atomic E-state index is 0.0327. The number of nitro groups is 1. The molecule has 1 aromatic heterocycles. The number of carbonyl (C=O) groups is 3. The predicted molar refractivity (Wildman–Crippen MR) is 130 cm³/mol. The van der Waals surface area contributed by atoms with Crippen molar-refractivity contribution in [3.05, 3.63) is 84.7 Å². The number of esters is 1. The van der Waals surface area contributed by atoms with Gasteiger partial charge in [0.1, 0.15) is 5.00 Å². The molecule has 3 aromatic rings. The molecule has 2 aromatic carbocycles. The van der Waals surface area contributed by atoms with Crippen LogP contribution in [-0.4, -0.2) is 29.3 Å². The van der Waals surface area contributed by atoms with Gasteiger partial charge in [-0.3, -0.25) is 19.7 Å². The fourth-order valence-electron chi connectivity index (χ4n) is 3.11. The summed E-state index contributed by atoms with van der Waals surface area (Å²) < 4.78 is 5.11. The van der Waals surface area contributed by atoms with Gasteiger partial charge in [0.25, 0.3) is 17.5 Å². The number of amides is 2. The van der Waals surface area contributed by atoms with E-state index in [0.29, 0.717) is 21.8 Å². The summed E-state index contributed by atoms with van der Waals surface area (Å²) in [6.45, 7) is 4.87. The zero-order valence-corrected chi connectivity index (χ0v) is 20.0. The number of thiophene rings is 1. The molecule has 9 nitrogen and oxygen atoms in total. The van der Waals surface area contributed by atoms with Crippen LogP contribution in [0.3, 0.4) is 0 Å². The molecule has 176 valence electrons. The lowest BCUT2D eigenvalue weighted by Crippen LogP contribution is -2.15. The third kappa shape index (κ3) is 5.41.